The average Bonchev–Trinajstić information content (AvgIpc) is 2.80. The van der Waals surface area contributed by atoms with Crippen LogP contribution in [0.15, 0.2) is 28.7 Å². The number of aromatic nitrogens is 2. The summed E-state index contributed by atoms with van der Waals surface area (Å²) >= 11 is 0. The second-order valence-corrected chi connectivity index (χ2v) is 3.65. The van der Waals surface area contributed by atoms with Gasteiger partial charge in [0, 0.05) is 0 Å². The van der Waals surface area contributed by atoms with Crippen LogP contribution in [0.25, 0.3) is 0 Å². The van der Waals surface area contributed by atoms with Crippen LogP contribution in [0.2, 0.25) is 0 Å². The molecular formula is C12H12N2O3. The first-order chi connectivity index (χ1) is 8.19. The fourth-order valence-electron chi connectivity index (χ4n) is 1.38. The number of benzene rings is 1. The van der Waals surface area contributed by atoms with Gasteiger partial charge in [-0.05, 0) is 12.5 Å². The van der Waals surface area contributed by atoms with Crippen molar-refractivity contribution in [1.29, 1.82) is 0 Å². The standard InChI is InChI=1S/C12H12N2O3/c1-8-3-5-9(6-4-8)7-10-13-14-11(17-10)12(15)16-2/h3-6H,7H2,1-2H3. The number of hydrogen-bond donors (Lipinski definition) is 0. The van der Waals surface area contributed by atoms with E-state index in [1.165, 1.54) is 12.7 Å². The van der Waals surface area contributed by atoms with Crippen LogP contribution in [0, 0.1) is 6.92 Å². The van der Waals surface area contributed by atoms with Crippen molar-refractivity contribution >= 4 is 5.97 Å². The van der Waals surface area contributed by atoms with E-state index in [2.05, 4.69) is 14.9 Å². The SMILES string of the molecule is COC(=O)c1nnc(Cc2ccc(C)cc2)o1. The number of aryl methyl sites for hydroxylation is 1. The summed E-state index contributed by atoms with van der Waals surface area (Å²) in [4.78, 5) is 11.1. The molecule has 1 aromatic carbocycles. The Labute approximate surface area is 98.4 Å². The molecule has 2 rings (SSSR count). The number of rotatable bonds is 3. The third-order valence-corrected chi connectivity index (χ3v) is 2.30. The van der Waals surface area contributed by atoms with Crippen molar-refractivity contribution in [2.45, 2.75) is 13.3 Å². The fourth-order valence-corrected chi connectivity index (χ4v) is 1.38. The van der Waals surface area contributed by atoms with Crippen molar-refractivity contribution in [3.8, 4) is 0 Å². The molecule has 1 aromatic heterocycles. The molecule has 5 heteroatoms. The lowest BCUT2D eigenvalue weighted by Gasteiger charge is -1.97. The highest BCUT2D eigenvalue weighted by Gasteiger charge is 2.14. The van der Waals surface area contributed by atoms with Crippen LogP contribution in [-0.4, -0.2) is 23.3 Å². The Bertz CT molecular complexity index is 517. The molecule has 88 valence electrons. The molecule has 0 N–H and O–H groups in total. The number of methoxy groups -OCH3 is 1. The summed E-state index contributed by atoms with van der Waals surface area (Å²) in [6.45, 7) is 2.02. The smallest absolute Gasteiger partial charge is 0.396 e. The fraction of sp³-hybridized carbons (Fsp3) is 0.250. The van der Waals surface area contributed by atoms with E-state index >= 15 is 0 Å². The van der Waals surface area contributed by atoms with Crippen molar-refractivity contribution in [2.75, 3.05) is 7.11 Å². The molecule has 1 heterocycles. The Hall–Kier alpha value is -2.17. The summed E-state index contributed by atoms with van der Waals surface area (Å²) in [6.07, 6.45) is 0.504. The maximum Gasteiger partial charge on any atom is 0.396 e. The lowest BCUT2D eigenvalue weighted by Crippen LogP contribution is -2.00. The van der Waals surface area contributed by atoms with Gasteiger partial charge in [0.15, 0.2) is 0 Å². The normalized spacial score (nSPS) is 10.2. The van der Waals surface area contributed by atoms with Crippen LogP contribution in [0.4, 0.5) is 0 Å². The zero-order valence-corrected chi connectivity index (χ0v) is 9.64. The van der Waals surface area contributed by atoms with E-state index in [9.17, 15) is 4.79 Å². The Morgan fingerprint density at radius 3 is 2.65 bits per heavy atom. The zero-order chi connectivity index (χ0) is 12.3. The number of carbonyl (C=O) groups excluding carboxylic acids is 1. The second-order valence-electron chi connectivity index (χ2n) is 3.65. The van der Waals surface area contributed by atoms with E-state index in [-0.39, 0.29) is 5.89 Å². The van der Waals surface area contributed by atoms with Crippen LogP contribution in [0.1, 0.15) is 27.7 Å². The van der Waals surface area contributed by atoms with Gasteiger partial charge < -0.3 is 9.15 Å². The van der Waals surface area contributed by atoms with Gasteiger partial charge in [0.25, 0.3) is 0 Å². The molecule has 2 aromatic rings. The minimum atomic E-state index is -0.618. The van der Waals surface area contributed by atoms with Gasteiger partial charge in [-0.2, -0.15) is 0 Å². The Kier molecular flexibility index (Phi) is 3.18. The minimum Gasteiger partial charge on any atom is -0.462 e. The van der Waals surface area contributed by atoms with E-state index in [4.69, 9.17) is 4.42 Å². The second kappa shape index (κ2) is 4.78. The summed E-state index contributed by atoms with van der Waals surface area (Å²) in [5, 5.41) is 7.39. The average molecular weight is 232 g/mol. The quantitative estimate of drug-likeness (QED) is 0.754. The van der Waals surface area contributed by atoms with Gasteiger partial charge in [-0.25, -0.2) is 4.79 Å². The molecule has 0 unspecified atom stereocenters. The Morgan fingerprint density at radius 1 is 1.29 bits per heavy atom. The number of ether oxygens (including phenoxy) is 1. The first-order valence-electron chi connectivity index (χ1n) is 5.15. The molecule has 0 aliphatic carbocycles. The van der Waals surface area contributed by atoms with Crippen LogP contribution in [0.3, 0.4) is 0 Å². The van der Waals surface area contributed by atoms with E-state index in [0.29, 0.717) is 12.3 Å². The van der Waals surface area contributed by atoms with Crippen LogP contribution in [-0.2, 0) is 11.2 Å². The maximum atomic E-state index is 11.1. The molecule has 0 aliphatic rings. The maximum absolute atomic E-state index is 11.1. The zero-order valence-electron chi connectivity index (χ0n) is 9.64. The van der Waals surface area contributed by atoms with Crippen LogP contribution in [0.5, 0.6) is 0 Å². The van der Waals surface area contributed by atoms with E-state index in [1.54, 1.807) is 0 Å². The molecule has 0 aliphatic heterocycles. The van der Waals surface area contributed by atoms with Crippen molar-refractivity contribution in [2.24, 2.45) is 0 Å². The summed E-state index contributed by atoms with van der Waals surface area (Å²) in [5.74, 6) is -0.337. The summed E-state index contributed by atoms with van der Waals surface area (Å²) < 4.78 is 9.65. The molecule has 0 fully saturated rings. The third-order valence-electron chi connectivity index (χ3n) is 2.30. The highest BCUT2D eigenvalue weighted by molar-refractivity contribution is 5.83. The van der Waals surface area contributed by atoms with E-state index in [0.717, 1.165) is 5.56 Å². The highest BCUT2D eigenvalue weighted by atomic mass is 16.5. The van der Waals surface area contributed by atoms with E-state index < -0.39 is 5.97 Å². The first-order valence-corrected chi connectivity index (χ1v) is 5.15. The van der Waals surface area contributed by atoms with Gasteiger partial charge in [-0.3, -0.25) is 0 Å². The van der Waals surface area contributed by atoms with Gasteiger partial charge in [0.2, 0.25) is 5.89 Å². The van der Waals surface area contributed by atoms with Crippen LogP contribution < -0.4 is 0 Å². The minimum absolute atomic E-state index is 0.116. The van der Waals surface area contributed by atoms with Crippen molar-refractivity contribution in [1.82, 2.24) is 10.2 Å². The van der Waals surface area contributed by atoms with Crippen molar-refractivity contribution < 1.29 is 13.9 Å². The predicted molar refractivity (Wildman–Crippen MR) is 59.6 cm³/mol. The van der Waals surface area contributed by atoms with Crippen LogP contribution >= 0.6 is 0 Å². The third kappa shape index (κ3) is 2.69. The molecule has 17 heavy (non-hydrogen) atoms. The number of esters is 1. The molecule has 0 atom stereocenters. The lowest BCUT2D eigenvalue weighted by molar-refractivity contribution is 0.0554. The topological polar surface area (TPSA) is 65.2 Å². The summed E-state index contributed by atoms with van der Waals surface area (Å²) in [5.41, 5.74) is 2.24. The molecule has 0 amide bonds. The predicted octanol–water partition coefficient (Wildman–Crippen LogP) is 1.76. The molecule has 5 nitrogen and oxygen atoms in total. The molecular weight excluding hydrogens is 220 g/mol. The number of carbonyl (C=O) groups is 1. The van der Waals surface area contributed by atoms with Gasteiger partial charge >= 0.3 is 11.9 Å². The van der Waals surface area contributed by atoms with Gasteiger partial charge in [0.05, 0.1) is 13.5 Å². The largest absolute Gasteiger partial charge is 0.462 e. The molecule has 0 spiro atoms. The molecule has 0 saturated heterocycles. The monoisotopic (exact) mass is 232 g/mol. The van der Waals surface area contributed by atoms with Gasteiger partial charge in [-0.1, -0.05) is 29.8 Å². The first kappa shape index (κ1) is 11.3. The number of nitrogens with zero attached hydrogens (tertiary/aromatic N) is 2. The highest BCUT2D eigenvalue weighted by Crippen LogP contribution is 2.10. The Balaban J connectivity index is 2.11. The van der Waals surface area contributed by atoms with E-state index in [1.807, 2.05) is 31.2 Å². The molecule has 0 radical (unpaired) electrons. The number of hydrogen-bond acceptors (Lipinski definition) is 5. The summed E-state index contributed by atoms with van der Waals surface area (Å²) in [6, 6.07) is 7.98. The lowest BCUT2D eigenvalue weighted by atomic mass is 10.1. The van der Waals surface area contributed by atoms with Crippen molar-refractivity contribution in [3.05, 3.63) is 47.2 Å². The Morgan fingerprint density at radius 2 is 2.00 bits per heavy atom. The summed E-state index contributed by atoms with van der Waals surface area (Å²) in [7, 11) is 1.27. The van der Waals surface area contributed by atoms with Gasteiger partial charge in [-0.15, -0.1) is 10.2 Å². The van der Waals surface area contributed by atoms with Crippen molar-refractivity contribution in [3.63, 3.8) is 0 Å². The molecule has 0 saturated carbocycles. The molecule has 0 bridgehead atoms. The van der Waals surface area contributed by atoms with Gasteiger partial charge in [0.1, 0.15) is 0 Å².